The molecular weight excluding hydrogens is 294 g/mol. The lowest BCUT2D eigenvalue weighted by molar-refractivity contribution is 0.578. The van der Waals surface area contributed by atoms with E-state index < -0.39 is 0 Å². The monoisotopic (exact) mass is 307 g/mol. The van der Waals surface area contributed by atoms with E-state index in [4.69, 9.17) is 4.42 Å². The van der Waals surface area contributed by atoms with Crippen LogP contribution in [0.3, 0.4) is 0 Å². The zero-order chi connectivity index (χ0) is 14.9. The minimum absolute atomic E-state index is 0.780. The first kappa shape index (κ1) is 13.0. The molecule has 0 saturated heterocycles. The minimum atomic E-state index is 0.780. The molecule has 2 heterocycles. The van der Waals surface area contributed by atoms with Gasteiger partial charge in [0.25, 0.3) is 0 Å². The van der Waals surface area contributed by atoms with Crippen molar-refractivity contribution in [3.05, 3.63) is 59.9 Å². The quantitative estimate of drug-likeness (QED) is 0.437. The highest BCUT2D eigenvalue weighted by molar-refractivity contribution is 7.22. The Labute approximate surface area is 131 Å². The third-order valence-corrected chi connectivity index (χ3v) is 4.41. The van der Waals surface area contributed by atoms with Crippen molar-refractivity contribution >= 4 is 43.9 Å². The fourth-order valence-electron chi connectivity index (χ4n) is 2.42. The summed E-state index contributed by atoms with van der Waals surface area (Å²) in [6.07, 6.45) is 1.78. The number of fused-ring (bicyclic) bond motifs is 2. The number of hydrogen-bond donors (Lipinski definition) is 1. The van der Waals surface area contributed by atoms with Crippen molar-refractivity contribution in [1.29, 1.82) is 0 Å². The number of nitrogens with one attached hydrogen (secondary N) is 1. The number of rotatable bonds is 3. The summed E-state index contributed by atoms with van der Waals surface area (Å²) in [4.78, 5) is 4.49. The van der Waals surface area contributed by atoms with Gasteiger partial charge in [0.05, 0.1) is 16.4 Å². The van der Waals surface area contributed by atoms with Crippen molar-refractivity contribution in [3.63, 3.8) is 0 Å². The molecule has 108 valence electrons. The second-order valence-corrected chi connectivity index (χ2v) is 5.96. The Hall–Kier alpha value is -2.66. The van der Waals surface area contributed by atoms with Gasteiger partial charge in [-0.3, -0.25) is 5.43 Å². The molecule has 0 atom stereocenters. The first-order valence-corrected chi connectivity index (χ1v) is 7.76. The Kier molecular flexibility index (Phi) is 3.12. The van der Waals surface area contributed by atoms with E-state index in [9.17, 15) is 0 Å². The molecule has 0 fully saturated rings. The lowest BCUT2D eigenvalue weighted by atomic mass is 10.1. The van der Waals surface area contributed by atoms with Gasteiger partial charge in [0, 0.05) is 10.9 Å². The predicted molar refractivity (Wildman–Crippen MR) is 91.8 cm³/mol. The van der Waals surface area contributed by atoms with Crippen LogP contribution >= 0.6 is 11.3 Å². The molecule has 0 unspecified atom stereocenters. The molecular formula is C17H13N3OS. The van der Waals surface area contributed by atoms with Crippen LogP contribution in [0.25, 0.3) is 21.2 Å². The summed E-state index contributed by atoms with van der Waals surface area (Å²) in [5.41, 5.74) is 5.85. The molecule has 0 aliphatic carbocycles. The Morgan fingerprint density at radius 1 is 1.14 bits per heavy atom. The van der Waals surface area contributed by atoms with E-state index in [0.717, 1.165) is 37.6 Å². The van der Waals surface area contributed by atoms with E-state index in [0.29, 0.717) is 0 Å². The summed E-state index contributed by atoms with van der Waals surface area (Å²) in [5, 5.41) is 6.15. The summed E-state index contributed by atoms with van der Waals surface area (Å²) in [6.45, 7) is 1.94. The average molecular weight is 307 g/mol. The largest absolute Gasteiger partial charge is 0.461 e. The van der Waals surface area contributed by atoms with Crippen molar-refractivity contribution in [1.82, 2.24) is 4.98 Å². The standard InChI is InChI=1S/C17H13N3OS/c1-11-13(12-6-2-4-8-15(12)21-11)10-18-20-17-19-14-7-3-5-9-16(14)22-17/h2-10H,1H3,(H,19,20)/b18-10-. The molecule has 4 rings (SSSR count). The molecule has 0 saturated carbocycles. The molecule has 1 N–H and O–H groups in total. The van der Waals surface area contributed by atoms with Gasteiger partial charge in [0.1, 0.15) is 11.3 Å². The number of aryl methyl sites for hydroxylation is 1. The van der Waals surface area contributed by atoms with Crippen LogP contribution in [0.1, 0.15) is 11.3 Å². The lowest BCUT2D eigenvalue weighted by Crippen LogP contribution is -1.90. The number of furan rings is 1. The summed E-state index contributed by atoms with van der Waals surface area (Å²) >= 11 is 1.58. The predicted octanol–water partition coefficient (Wildman–Crippen LogP) is 4.80. The molecule has 0 amide bonds. The third kappa shape index (κ3) is 2.25. The Morgan fingerprint density at radius 2 is 1.95 bits per heavy atom. The molecule has 22 heavy (non-hydrogen) atoms. The highest BCUT2D eigenvalue weighted by Crippen LogP contribution is 2.26. The molecule has 4 aromatic rings. The van der Waals surface area contributed by atoms with Crippen molar-refractivity contribution in [2.75, 3.05) is 5.43 Å². The molecule has 5 heteroatoms. The van der Waals surface area contributed by atoms with Crippen LogP contribution < -0.4 is 5.43 Å². The van der Waals surface area contributed by atoms with Crippen molar-refractivity contribution < 1.29 is 4.42 Å². The van der Waals surface area contributed by atoms with Gasteiger partial charge in [0.15, 0.2) is 0 Å². The summed E-state index contributed by atoms with van der Waals surface area (Å²) in [6, 6.07) is 16.0. The van der Waals surface area contributed by atoms with E-state index in [1.165, 1.54) is 0 Å². The van der Waals surface area contributed by atoms with E-state index in [-0.39, 0.29) is 0 Å². The number of hydrazone groups is 1. The first-order valence-electron chi connectivity index (χ1n) is 6.94. The molecule has 2 aromatic carbocycles. The van der Waals surface area contributed by atoms with Gasteiger partial charge in [-0.15, -0.1) is 0 Å². The van der Waals surface area contributed by atoms with E-state index in [1.54, 1.807) is 17.6 Å². The van der Waals surface area contributed by atoms with Crippen LogP contribution in [0, 0.1) is 6.92 Å². The molecule has 0 spiro atoms. The van der Waals surface area contributed by atoms with Crippen molar-refractivity contribution in [2.24, 2.45) is 5.10 Å². The van der Waals surface area contributed by atoms with Gasteiger partial charge in [-0.2, -0.15) is 5.10 Å². The van der Waals surface area contributed by atoms with Crippen LogP contribution in [0.5, 0.6) is 0 Å². The van der Waals surface area contributed by atoms with Crippen LogP contribution in [-0.2, 0) is 0 Å². The molecule has 2 aromatic heterocycles. The Morgan fingerprint density at radius 3 is 2.86 bits per heavy atom. The number of aromatic nitrogens is 1. The van der Waals surface area contributed by atoms with Crippen LogP contribution in [0.2, 0.25) is 0 Å². The maximum atomic E-state index is 5.72. The van der Waals surface area contributed by atoms with E-state index in [2.05, 4.69) is 21.6 Å². The zero-order valence-electron chi connectivity index (χ0n) is 11.9. The number of anilines is 1. The smallest absolute Gasteiger partial charge is 0.204 e. The normalized spacial score (nSPS) is 11.7. The van der Waals surface area contributed by atoms with Crippen LogP contribution in [0.15, 0.2) is 58.0 Å². The summed E-state index contributed by atoms with van der Waals surface area (Å²) in [5.74, 6) is 0.857. The number of thiazole rings is 1. The Bertz CT molecular complexity index is 951. The highest BCUT2D eigenvalue weighted by atomic mass is 32.1. The number of hydrogen-bond acceptors (Lipinski definition) is 5. The van der Waals surface area contributed by atoms with Crippen LogP contribution in [0.4, 0.5) is 5.13 Å². The van der Waals surface area contributed by atoms with Crippen molar-refractivity contribution in [2.45, 2.75) is 6.92 Å². The Balaban J connectivity index is 1.62. The topological polar surface area (TPSA) is 50.4 Å². The van der Waals surface area contributed by atoms with Gasteiger partial charge in [-0.25, -0.2) is 4.98 Å². The molecule has 0 radical (unpaired) electrons. The summed E-state index contributed by atoms with van der Waals surface area (Å²) in [7, 11) is 0. The molecule has 4 nitrogen and oxygen atoms in total. The van der Waals surface area contributed by atoms with Gasteiger partial charge in [0.2, 0.25) is 5.13 Å². The highest BCUT2D eigenvalue weighted by Gasteiger charge is 2.08. The van der Waals surface area contributed by atoms with E-state index >= 15 is 0 Å². The second kappa shape index (κ2) is 5.27. The zero-order valence-corrected chi connectivity index (χ0v) is 12.7. The lowest BCUT2D eigenvalue weighted by Gasteiger charge is -1.93. The molecule has 0 aliphatic heterocycles. The van der Waals surface area contributed by atoms with Crippen molar-refractivity contribution in [3.8, 4) is 0 Å². The van der Waals surface area contributed by atoms with Gasteiger partial charge >= 0.3 is 0 Å². The van der Waals surface area contributed by atoms with Gasteiger partial charge in [-0.05, 0) is 25.1 Å². The molecule has 0 bridgehead atoms. The molecule has 0 aliphatic rings. The number of nitrogens with zero attached hydrogens (tertiary/aromatic N) is 2. The minimum Gasteiger partial charge on any atom is -0.461 e. The number of benzene rings is 2. The number of para-hydroxylation sites is 2. The SMILES string of the molecule is Cc1oc2ccccc2c1/C=N\Nc1nc2ccccc2s1. The first-order chi connectivity index (χ1) is 10.8. The van der Waals surface area contributed by atoms with Gasteiger partial charge in [-0.1, -0.05) is 41.7 Å². The van der Waals surface area contributed by atoms with Crippen LogP contribution in [-0.4, -0.2) is 11.2 Å². The maximum Gasteiger partial charge on any atom is 0.204 e. The fourth-order valence-corrected chi connectivity index (χ4v) is 3.24. The van der Waals surface area contributed by atoms with E-state index in [1.807, 2.05) is 49.4 Å². The fraction of sp³-hybridized carbons (Fsp3) is 0.0588. The maximum absolute atomic E-state index is 5.72. The summed E-state index contributed by atoms with van der Waals surface area (Å²) < 4.78 is 6.86. The second-order valence-electron chi connectivity index (χ2n) is 4.92. The average Bonchev–Trinajstić information content (AvgIpc) is 3.08. The third-order valence-electron chi connectivity index (χ3n) is 3.47. The van der Waals surface area contributed by atoms with Gasteiger partial charge < -0.3 is 4.42 Å².